The lowest BCUT2D eigenvalue weighted by Gasteiger charge is -2.26. The lowest BCUT2D eigenvalue weighted by molar-refractivity contribution is 0.0715. The van der Waals surface area contributed by atoms with Crippen LogP contribution in [0, 0.1) is 0 Å². The molecule has 2 rings (SSSR count). The van der Waals surface area contributed by atoms with Gasteiger partial charge in [0.25, 0.3) is 5.91 Å². The molecule has 2 heterocycles. The van der Waals surface area contributed by atoms with Crippen molar-refractivity contribution in [2.75, 3.05) is 20.1 Å². The molecule has 1 saturated heterocycles. The van der Waals surface area contributed by atoms with E-state index >= 15 is 0 Å². The van der Waals surface area contributed by atoms with Gasteiger partial charge in [0.15, 0.2) is 0 Å². The summed E-state index contributed by atoms with van der Waals surface area (Å²) < 4.78 is 0. The predicted molar refractivity (Wildman–Crippen MR) is 64.7 cm³/mol. The highest BCUT2D eigenvalue weighted by Gasteiger charge is 2.22. The number of amides is 1. The maximum atomic E-state index is 12.1. The Morgan fingerprint density at radius 2 is 2.44 bits per heavy atom. The van der Waals surface area contributed by atoms with E-state index in [2.05, 4.69) is 10.3 Å². The van der Waals surface area contributed by atoms with Gasteiger partial charge < -0.3 is 10.2 Å². The van der Waals surface area contributed by atoms with E-state index < -0.39 is 0 Å². The van der Waals surface area contributed by atoms with Crippen molar-refractivity contribution in [2.45, 2.75) is 25.3 Å². The van der Waals surface area contributed by atoms with Crippen LogP contribution in [0.1, 0.15) is 29.8 Å². The lowest BCUT2D eigenvalue weighted by Crippen LogP contribution is -2.37. The van der Waals surface area contributed by atoms with Crippen molar-refractivity contribution in [1.82, 2.24) is 15.2 Å². The van der Waals surface area contributed by atoms with Crippen LogP contribution < -0.4 is 5.32 Å². The number of nitrogens with zero attached hydrogens (tertiary/aromatic N) is 2. The van der Waals surface area contributed by atoms with Crippen LogP contribution in [0.15, 0.2) is 10.9 Å². The van der Waals surface area contributed by atoms with Crippen LogP contribution >= 0.6 is 11.3 Å². The van der Waals surface area contributed by atoms with Crippen molar-refractivity contribution in [3.63, 3.8) is 0 Å². The van der Waals surface area contributed by atoms with Crippen LogP contribution in [0.4, 0.5) is 0 Å². The van der Waals surface area contributed by atoms with Gasteiger partial charge in [0.2, 0.25) is 0 Å². The van der Waals surface area contributed by atoms with E-state index in [0.717, 1.165) is 32.4 Å². The Kier molecular flexibility index (Phi) is 3.90. The minimum absolute atomic E-state index is 0.0492. The summed E-state index contributed by atoms with van der Waals surface area (Å²) in [6, 6.07) is 0.351. The maximum Gasteiger partial charge on any atom is 0.273 e. The summed E-state index contributed by atoms with van der Waals surface area (Å²) in [6.45, 7) is 2.06. The van der Waals surface area contributed by atoms with Gasteiger partial charge in [0.1, 0.15) is 5.69 Å². The molecule has 16 heavy (non-hydrogen) atoms. The summed E-state index contributed by atoms with van der Waals surface area (Å²) in [5.41, 5.74) is 2.28. The second-order valence-corrected chi connectivity index (χ2v) is 4.84. The first-order chi connectivity index (χ1) is 7.79. The van der Waals surface area contributed by atoms with Gasteiger partial charge in [-0.15, -0.1) is 11.3 Å². The van der Waals surface area contributed by atoms with Gasteiger partial charge in [-0.2, -0.15) is 0 Å². The fraction of sp³-hybridized carbons (Fsp3) is 0.636. The molecule has 0 radical (unpaired) electrons. The van der Waals surface area contributed by atoms with Crippen molar-refractivity contribution in [3.8, 4) is 0 Å². The molecule has 88 valence electrons. The SMILES string of the molecule is CN(C(=O)c1cscn1)C1CCCNCC1. The second-order valence-electron chi connectivity index (χ2n) is 4.12. The molecule has 4 nitrogen and oxygen atoms in total. The first kappa shape index (κ1) is 11.5. The first-order valence-corrected chi connectivity index (χ1v) is 6.59. The number of aromatic nitrogens is 1. The van der Waals surface area contributed by atoms with Gasteiger partial charge in [-0.05, 0) is 32.4 Å². The second kappa shape index (κ2) is 5.41. The standard InChI is InChI=1S/C11H17N3OS/c1-14(9-3-2-5-12-6-4-9)11(15)10-7-16-8-13-10/h7-9,12H,2-6H2,1H3. The molecule has 1 fully saturated rings. The number of carbonyl (C=O) groups is 1. The summed E-state index contributed by atoms with van der Waals surface area (Å²) in [6.07, 6.45) is 3.26. The van der Waals surface area contributed by atoms with E-state index in [1.807, 2.05) is 17.3 Å². The first-order valence-electron chi connectivity index (χ1n) is 5.65. The molecule has 0 aliphatic carbocycles. The van der Waals surface area contributed by atoms with Crippen molar-refractivity contribution >= 4 is 17.2 Å². The average Bonchev–Trinajstić information content (AvgIpc) is 2.70. The predicted octanol–water partition coefficient (Wildman–Crippen LogP) is 1.36. The Morgan fingerprint density at radius 1 is 1.56 bits per heavy atom. The summed E-state index contributed by atoms with van der Waals surface area (Å²) in [4.78, 5) is 18.0. The molecular formula is C11H17N3OS. The number of rotatable bonds is 2. The van der Waals surface area contributed by atoms with Crippen molar-refractivity contribution in [1.29, 1.82) is 0 Å². The monoisotopic (exact) mass is 239 g/mol. The highest BCUT2D eigenvalue weighted by Crippen LogP contribution is 2.14. The maximum absolute atomic E-state index is 12.1. The third kappa shape index (κ3) is 2.59. The number of nitrogens with one attached hydrogen (secondary N) is 1. The smallest absolute Gasteiger partial charge is 0.273 e. The van der Waals surface area contributed by atoms with Gasteiger partial charge in [-0.3, -0.25) is 4.79 Å². The van der Waals surface area contributed by atoms with Gasteiger partial charge >= 0.3 is 0 Å². The molecule has 1 aromatic heterocycles. The van der Waals surface area contributed by atoms with Crippen LogP contribution in [-0.2, 0) is 0 Å². The molecule has 0 spiro atoms. The topological polar surface area (TPSA) is 45.2 Å². The van der Waals surface area contributed by atoms with Crippen LogP contribution in [0.5, 0.6) is 0 Å². The fourth-order valence-corrected chi connectivity index (χ4v) is 2.58. The Morgan fingerprint density at radius 3 is 3.19 bits per heavy atom. The number of hydrogen-bond acceptors (Lipinski definition) is 4. The molecular weight excluding hydrogens is 222 g/mol. The fourth-order valence-electron chi connectivity index (χ4n) is 2.05. The summed E-state index contributed by atoms with van der Waals surface area (Å²) in [7, 11) is 1.89. The summed E-state index contributed by atoms with van der Waals surface area (Å²) in [5.74, 6) is 0.0492. The molecule has 1 aromatic rings. The van der Waals surface area contributed by atoms with E-state index in [1.54, 1.807) is 5.51 Å². The highest BCUT2D eigenvalue weighted by molar-refractivity contribution is 7.07. The summed E-state index contributed by atoms with van der Waals surface area (Å²) in [5, 5.41) is 5.17. The molecule has 1 amide bonds. The van der Waals surface area contributed by atoms with Crippen molar-refractivity contribution in [2.24, 2.45) is 0 Å². The Bertz CT molecular complexity index is 331. The molecule has 0 bridgehead atoms. The van der Waals surface area contributed by atoms with Gasteiger partial charge in [-0.1, -0.05) is 0 Å². The van der Waals surface area contributed by atoms with Gasteiger partial charge in [0, 0.05) is 18.5 Å². The van der Waals surface area contributed by atoms with Crippen LogP contribution in [0.3, 0.4) is 0 Å². The molecule has 1 N–H and O–H groups in total. The molecule has 1 atom stereocenters. The zero-order valence-corrected chi connectivity index (χ0v) is 10.3. The number of hydrogen-bond donors (Lipinski definition) is 1. The largest absolute Gasteiger partial charge is 0.337 e. The molecule has 1 aliphatic rings. The van der Waals surface area contributed by atoms with Crippen LogP contribution in [0.2, 0.25) is 0 Å². The Hall–Kier alpha value is -0.940. The quantitative estimate of drug-likeness (QED) is 0.847. The van der Waals surface area contributed by atoms with E-state index in [-0.39, 0.29) is 5.91 Å². The van der Waals surface area contributed by atoms with E-state index in [4.69, 9.17) is 0 Å². The molecule has 0 saturated carbocycles. The number of thiazole rings is 1. The third-order valence-electron chi connectivity index (χ3n) is 3.06. The van der Waals surface area contributed by atoms with Crippen molar-refractivity contribution in [3.05, 3.63) is 16.6 Å². The van der Waals surface area contributed by atoms with E-state index in [0.29, 0.717) is 11.7 Å². The van der Waals surface area contributed by atoms with Gasteiger partial charge in [-0.25, -0.2) is 4.98 Å². The van der Waals surface area contributed by atoms with Crippen LogP contribution in [0.25, 0.3) is 0 Å². The third-order valence-corrected chi connectivity index (χ3v) is 3.65. The summed E-state index contributed by atoms with van der Waals surface area (Å²) >= 11 is 1.47. The lowest BCUT2D eigenvalue weighted by atomic mass is 10.1. The molecule has 1 aliphatic heterocycles. The van der Waals surface area contributed by atoms with E-state index in [1.165, 1.54) is 11.3 Å². The number of carbonyl (C=O) groups excluding carboxylic acids is 1. The molecule has 0 aromatic carbocycles. The highest BCUT2D eigenvalue weighted by atomic mass is 32.1. The molecule has 5 heteroatoms. The minimum atomic E-state index is 0.0492. The zero-order chi connectivity index (χ0) is 11.4. The van der Waals surface area contributed by atoms with Crippen molar-refractivity contribution < 1.29 is 4.79 Å². The molecule has 1 unspecified atom stereocenters. The van der Waals surface area contributed by atoms with E-state index in [9.17, 15) is 4.79 Å². The average molecular weight is 239 g/mol. The Labute approximate surface area is 99.7 Å². The van der Waals surface area contributed by atoms with Crippen LogP contribution in [-0.4, -0.2) is 42.0 Å². The normalized spacial score (nSPS) is 21.4. The minimum Gasteiger partial charge on any atom is -0.337 e. The van der Waals surface area contributed by atoms with Gasteiger partial charge in [0.05, 0.1) is 5.51 Å². The Balaban J connectivity index is 2.00. The zero-order valence-electron chi connectivity index (χ0n) is 9.48.